The lowest BCUT2D eigenvalue weighted by Crippen LogP contribution is -2.26. The molecule has 1 N–H and O–H groups in total. The Morgan fingerprint density at radius 1 is 1.12 bits per heavy atom. The van der Waals surface area contributed by atoms with Gasteiger partial charge in [0.1, 0.15) is 0 Å². The van der Waals surface area contributed by atoms with Gasteiger partial charge in [0.25, 0.3) is 5.91 Å². The summed E-state index contributed by atoms with van der Waals surface area (Å²) in [6, 6.07) is 12.1. The first-order valence-electron chi connectivity index (χ1n) is 11.9. The monoisotopic (exact) mass is 440 g/mol. The lowest BCUT2D eigenvalue weighted by molar-refractivity contribution is 0.0954. The number of pyridine rings is 1. The average molecular weight is 441 g/mol. The van der Waals surface area contributed by atoms with Crippen LogP contribution in [-0.2, 0) is 6.54 Å². The molecule has 7 heteroatoms. The first-order valence-corrected chi connectivity index (χ1v) is 11.9. The summed E-state index contributed by atoms with van der Waals surface area (Å²) in [5, 5.41) is 13.4. The fraction of sp³-hybridized carbons (Fsp3) is 0.385. The summed E-state index contributed by atoms with van der Waals surface area (Å²) >= 11 is 0. The summed E-state index contributed by atoms with van der Waals surface area (Å²) in [5.41, 5.74) is 5.69. The Balaban J connectivity index is 1.34. The van der Waals surface area contributed by atoms with Crippen molar-refractivity contribution in [1.82, 2.24) is 29.9 Å². The van der Waals surface area contributed by atoms with Gasteiger partial charge in [-0.25, -0.2) is 9.67 Å². The zero-order chi connectivity index (χ0) is 22.4. The third-order valence-corrected chi connectivity index (χ3v) is 6.50. The fourth-order valence-electron chi connectivity index (χ4n) is 4.45. The molecule has 33 heavy (non-hydrogen) atoms. The number of fused-ring (bicyclic) bond motifs is 1. The first-order chi connectivity index (χ1) is 16.2. The Bertz CT molecular complexity index is 1310. The van der Waals surface area contributed by atoms with E-state index >= 15 is 0 Å². The summed E-state index contributed by atoms with van der Waals surface area (Å²) in [7, 11) is 0. The van der Waals surface area contributed by atoms with Crippen LogP contribution in [0.2, 0.25) is 0 Å². The van der Waals surface area contributed by atoms with Crippen molar-refractivity contribution in [1.29, 1.82) is 0 Å². The quantitative estimate of drug-likeness (QED) is 0.409. The van der Waals surface area contributed by atoms with Crippen LogP contribution in [0.5, 0.6) is 0 Å². The Morgan fingerprint density at radius 2 is 1.91 bits per heavy atom. The second-order valence-corrected chi connectivity index (χ2v) is 9.36. The molecule has 1 aromatic carbocycles. The molecule has 0 spiro atoms. The van der Waals surface area contributed by atoms with E-state index in [0.29, 0.717) is 18.4 Å². The van der Waals surface area contributed by atoms with Crippen molar-refractivity contribution in [2.75, 3.05) is 6.54 Å². The minimum Gasteiger partial charge on any atom is -0.352 e. The Kier molecular flexibility index (Phi) is 4.97. The molecule has 2 fully saturated rings. The van der Waals surface area contributed by atoms with E-state index in [9.17, 15) is 4.79 Å². The number of rotatable bonds is 8. The number of nitrogens with zero attached hydrogens (tertiary/aromatic N) is 5. The number of amides is 1. The largest absolute Gasteiger partial charge is 0.352 e. The number of hydrogen-bond donors (Lipinski definition) is 1. The third kappa shape index (κ3) is 4.03. The van der Waals surface area contributed by atoms with E-state index < -0.39 is 0 Å². The Morgan fingerprint density at radius 3 is 2.61 bits per heavy atom. The topological polar surface area (TPSA) is 77.6 Å². The van der Waals surface area contributed by atoms with Crippen LogP contribution in [0.3, 0.4) is 0 Å². The maximum absolute atomic E-state index is 13.4. The molecule has 168 valence electrons. The highest BCUT2D eigenvalue weighted by atomic mass is 16.1. The first kappa shape index (κ1) is 20.1. The molecule has 2 aliphatic carbocycles. The molecule has 2 saturated carbocycles. The van der Waals surface area contributed by atoms with Crippen LogP contribution < -0.4 is 5.32 Å². The molecule has 1 amide bonds. The SMILES string of the molecule is Cc1cnn(CCCNC(=O)c2cc(C3CC3)nc3c2c(C2CC2)nn3-c2ccccc2)c1. The van der Waals surface area contributed by atoms with Crippen molar-refractivity contribution in [3.63, 3.8) is 0 Å². The van der Waals surface area contributed by atoms with Crippen LogP contribution >= 0.6 is 0 Å². The molecular weight excluding hydrogens is 412 g/mol. The summed E-state index contributed by atoms with van der Waals surface area (Å²) in [6.45, 7) is 3.42. The molecule has 7 nitrogen and oxygen atoms in total. The van der Waals surface area contributed by atoms with Gasteiger partial charge in [-0.1, -0.05) is 18.2 Å². The van der Waals surface area contributed by atoms with Crippen molar-refractivity contribution < 1.29 is 4.79 Å². The van der Waals surface area contributed by atoms with Crippen LogP contribution in [0.4, 0.5) is 0 Å². The second kappa shape index (κ2) is 8.14. The van der Waals surface area contributed by atoms with Gasteiger partial charge in [-0.2, -0.15) is 10.2 Å². The number of aryl methyl sites for hydroxylation is 2. The predicted molar refractivity (Wildman–Crippen MR) is 127 cm³/mol. The molecule has 0 bridgehead atoms. The van der Waals surface area contributed by atoms with Gasteiger partial charge in [0.15, 0.2) is 5.65 Å². The standard InChI is InChI=1S/C26H28N6O/c1-17-15-28-31(16-17)13-5-12-27-26(33)21-14-22(18-8-9-18)29-25-23(21)24(19-10-11-19)30-32(25)20-6-3-2-4-7-20/h2-4,6-7,14-16,18-19H,5,8-13H2,1H3,(H,27,33). The third-order valence-electron chi connectivity index (χ3n) is 6.50. The number of benzene rings is 1. The van der Waals surface area contributed by atoms with Crippen LogP contribution in [-0.4, -0.2) is 37.0 Å². The number of aromatic nitrogens is 5. The van der Waals surface area contributed by atoms with Gasteiger partial charge in [0.2, 0.25) is 0 Å². The smallest absolute Gasteiger partial charge is 0.252 e. The normalized spacial score (nSPS) is 15.8. The lowest BCUT2D eigenvalue weighted by atomic mass is 10.0. The number of hydrogen-bond acceptors (Lipinski definition) is 4. The van der Waals surface area contributed by atoms with Crippen molar-refractivity contribution in [2.45, 2.75) is 57.4 Å². The Labute approximate surface area is 192 Å². The molecule has 0 atom stereocenters. The summed E-state index contributed by atoms with van der Waals surface area (Å²) < 4.78 is 3.86. The minimum atomic E-state index is -0.0320. The number of nitrogens with one attached hydrogen (secondary N) is 1. The molecule has 0 aliphatic heterocycles. The van der Waals surface area contributed by atoms with Gasteiger partial charge in [-0.05, 0) is 62.8 Å². The van der Waals surface area contributed by atoms with Gasteiger partial charge < -0.3 is 5.32 Å². The van der Waals surface area contributed by atoms with Crippen molar-refractivity contribution in [3.8, 4) is 5.69 Å². The summed E-state index contributed by atoms with van der Waals surface area (Å²) in [5.74, 6) is 0.837. The molecular formula is C26H28N6O. The van der Waals surface area contributed by atoms with Gasteiger partial charge in [-0.15, -0.1) is 0 Å². The van der Waals surface area contributed by atoms with Gasteiger partial charge in [-0.3, -0.25) is 9.48 Å². The van der Waals surface area contributed by atoms with Crippen LogP contribution in [0.25, 0.3) is 16.7 Å². The summed E-state index contributed by atoms with van der Waals surface area (Å²) in [4.78, 5) is 18.4. The Hall–Kier alpha value is -3.48. The second-order valence-electron chi connectivity index (χ2n) is 9.36. The van der Waals surface area contributed by atoms with E-state index in [-0.39, 0.29) is 5.91 Å². The van der Waals surface area contributed by atoms with E-state index in [0.717, 1.165) is 77.9 Å². The lowest BCUT2D eigenvalue weighted by Gasteiger charge is -2.10. The van der Waals surface area contributed by atoms with E-state index in [1.54, 1.807) is 0 Å². The number of carbonyl (C=O) groups excluding carboxylic acids is 1. The van der Waals surface area contributed by atoms with Gasteiger partial charge >= 0.3 is 0 Å². The van der Waals surface area contributed by atoms with Crippen LogP contribution in [0.1, 0.15) is 71.2 Å². The van der Waals surface area contributed by atoms with Crippen molar-refractivity contribution in [3.05, 3.63) is 71.3 Å². The van der Waals surface area contributed by atoms with Crippen LogP contribution in [0, 0.1) is 6.92 Å². The number of para-hydroxylation sites is 1. The fourth-order valence-corrected chi connectivity index (χ4v) is 4.45. The molecule has 3 aromatic heterocycles. The maximum atomic E-state index is 13.4. The highest BCUT2D eigenvalue weighted by Gasteiger charge is 2.34. The maximum Gasteiger partial charge on any atom is 0.252 e. The van der Waals surface area contributed by atoms with Gasteiger partial charge in [0, 0.05) is 36.8 Å². The van der Waals surface area contributed by atoms with E-state index in [2.05, 4.69) is 10.4 Å². The highest BCUT2D eigenvalue weighted by Crippen LogP contribution is 2.45. The molecule has 0 unspecified atom stereocenters. The average Bonchev–Trinajstić information content (AvgIpc) is 3.77. The van der Waals surface area contributed by atoms with Gasteiger partial charge in [0.05, 0.1) is 28.5 Å². The van der Waals surface area contributed by atoms with E-state index in [1.807, 2.05) is 65.1 Å². The molecule has 4 aromatic rings. The number of carbonyl (C=O) groups is 1. The zero-order valence-corrected chi connectivity index (χ0v) is 18.9. The molecule has 0 radical (unpaired) electrons. The minimum absolute atomic E-state index is 0.0320. The molecule has 3 heterocycles. The van der Waals surface area contributed by atoms with E-state index in [4.69, 9.17) is 10.1 Å². The zero-order valence-electron chi connectivity index (χ0n) is 18.9. The van der Waals surface area contributed by atoms with Crippen molar-refractivity contribution in [2.24, 2.45) is 0 Å². The molecule has 0 saturated heterocycles. The molecule has 6 rings (SSSR count). The van der Waals surface area contributed by atoms with Crippen molar-refractivity contribution >= 4 is 16.9 Å². The van der Waals surface area contributed by atoms with E-state index in [1.165, 1.54) is 0 Å². The molecule has 2 aliphatic rings. The highest BCUT2D eigenvalue weighted by molar-refractivity contribution is 6.07. The van der Waals surface area contributed by atoms with Crippen LogP contribution in [0.15, 0.2) is 48.8 Å². The summed E-state index contributed by atoms with van der Waals surface area (Å²) in [6.07, 6.45) is 9.22. The predicted octanol–water partition coefficient (Wildman–Crippen LogP) is 4.50.